The summed E-state index contributed by atoms with van der Waals surface area (Å²) >= 11 is 0. The van der Waals surface area contributed by atoms with Crippen LogP contribution in [0.15, 0.2) is 56.1 Å². The Hall–Kier alpha value is -5.99. The van der Waals surface area contributed by atoms with E-state index in [9.17, 15) is 15.0 Å². The molecule has 340 valence electrons. The summed E-state index contributed by atoms with van der Waals surface area (Å²) in [7, 11) is 10.6. The van der Waals surface area contributed by atoms with Gasteiger partial charge in [0.1, 0.15) is 17.3 Å². The zero-order valence-corrected chi connectivity index (χ0v) is 36.9. The average Bonchev–Trinajstić information content (AvgIpc) is 3.09. The summed E-state index contributed by atoms with van der Waals surface area (Å²) in [4.78, 5) is 46.1. The van der Waals surface area contributed by atoms with Crippen molar-refractivity contribution >= 4 is 38.0 Å². The van der Waals surface area contributed by atoms with Crippen molar-refractivity contribution in [3.63, 3.8) is 0 Å². The summed E-state index contributed by atoms with van der Waals surface area (Å²) in [5.41, 5.74) is 0.688. The second-order valence-electron chi connectivity index (χ2n) is 10.3. The van der Waals surface area contributed by atoms with Crippen LogP contribution in [0.1, 0.15) is 25.0 Å². The van der Waals surface area contributed by atoms with Gasteiger partial charge >= 0.3 is 63.1 Å². The van der Waals surface area contributed by atoms with Crippen molar-refractivity contribution in [3.8, 4) is 23.0 Å². The SMILES string of the molecule is CC(C)=O.COc1cccc(/C=N/N(C)[P+]2(N(C)/N=C/c3cccc(OC)c3[O-])N=C(N(C)C)NC(N(C)C)=N2)c1[O-].O=[N+]([O-])[O-].O=[N+]([O-])[O-].O=[N+]([O-])[O-].O=[N+]([O-])[O-].[Cu+2].[Dy+3]. The summed E-state index contributed by atoms with van der Waals surface area (Å²) in [5, 5.41) is 96.6. The number of hydrazone groups is 2. The molecule has 1 aliphatic heterocycles. The van der Waals surface area contributed by atoms with E-state index in [0.29, 0.717) is 23.0 Å². The number of para-hydroxylation sites is 2. The van der Waals surface area contributed by atoms with Crippen molar-refractivity contribution in [3.05, 3.63) is 109 Å². The van der Waals surface area contributed by atoms with E-state index in [0.717, 1.165) is 0 Å². The Morgan fingerprint density at radius 2 is 0.900 bits per heavy atom. The zero-order chi connectivity index (χ0) is 45.9. The van der Waals surface area contributed by atoms with Gasteiger partial charge in [0.05, 0.1) is 61.1 Å². The molecule has 0 amide bonds. The number of hydrogen-bond acceptors (Lipinski definition) is 26. The predicted molar refractivity (Wildman–Crippen MR) is 206 cm³/mol. The first kappa shape index (κ1) is 63.2. The van der Waals surface area contributed by atoms with Crippen LogP contribution >= 0.6 is 7.87 Å². The van der Waals surface area contributed by atoms with E-state index in [1.807, 2.05) is 38.0 Å². The topological polar surface area (TPSA) is 421 Å². The Bertz CT molecular complexity index is 1610. The molecule has 3 rings (SSSR count). The number of ether oxygens (including phenoxy) is 2. The van der Waals surface area contributed by atoms with Crippen LogP contribution in [0.5, 0.6) is 23.0 Å². The minimum atomic E-state index is -3.10. The molecule has 30 nitrogen and oxygen atoms in total. The van der Waals surface area contributed by atoms with E-state index < -0.39 is 28.2 Å². The van der Waals surface area contributed by atoms with Gasteiger partial charge in [0.15, 0.2) is 0 Å². The van der Waals surface area contributed by atoms with Crippen molar-refractivity contribution in [1.82, 2.24) is 24.7 Å². The van der Waals surface area contributed by atoms with E-state index >= 15 is 0 Å². The Kier molecular flexibility index (Phi) is 34.7. The average molecular weight is 1070 g/mol. The van der Waals surface area contributed by atoms with Crippen molar-refractivity contribution < 1.29 is 100 Å². The number of methoxy groups -OCH3 is 2. The minimum Gasteiger partial charge on any atom is -0.870 e. The molecule has 0 saturated heterocycles. The maximum Gasteiger partial charge on any atom is 3.00 e. The van der Waals surface area contributed by atoms with Gasteiger partial charge in [0.2, 0.25) is 11.9 Å². The maximum absolute atomic E-state index is 12.7. The number of hydrogen-bond donors (Lipinski definition) is 1. The first-order chi connectivity index (χ1) is 26.7. The third kappa shape index (κ3) is 27.6. The van der Waals surface area contributed by atoms with E-state index in [1.54, 1.807) is 60.1 Å². The molecule has 0 fully saturated rings. The molecule has 2 aromatic rings. The quantitative estimate of drug-likeness (QED) is 0.126. The molecule has 1 N–H and O–H groups in total. The molecule has 0 bridgehead atoms. The van der Waals surface area contributed by atoms with E-state index in [2.05, 4.69) is 15.5 Å². The van der Waals surface area contributed by atoms with Crippen molar-refractivity contribution in [2.45, 2.75) is 13.8 Å². The first-order valence-corrected chi connectivity index (χ1v) is 16.5. The molecule has 33 heteroatoms. The molecular formula is C27H39CuDyN13O17P. The summed E-state index contributed by atoms with van der Waals surface area (Å²) < 4.78 is 23.3. The molecule has 1 aliphatic rings. The van der Waals surface area contributed by atoms with Gasteiger partial charge in [0.25, 0.3) is 0 Å². The molecule has 0 aromatic heterocycles. The van der Waals surface area contributed by atoms with Crippen LogP contribution in [-0.2, 0) is 21.9 Å². The molecule has 0 saturated carbocycles. The van der Waals surface area contributed by atoms with Crippen LogP contribution < -0.4 is 25.0 Å². The van der Waals surface area contributed by atoms with E-state index in [-0.39, 0.29) is 84.0 Å². The molecule has 2 radical (unpaired) electrons. The van der Waals surface area contributed by atoms with Gasteiger partial charge in [-0.1, -0.05) is 35.8 Å². The van der Waals surface area contributed by atoms with Crippen molar-refractivity contribution in [1.29, 1.82) is 0 Å². The van der Waals surface area contributed by atoms with Gasteiger partial charge in [0, 0.05) is 28.2 Å². The van der Waals surface area contributed by atoms with Crippen LogP contribution in [0.3, 0.4) is 0 Å². The monoisotopic (exact) mass is 1080 g/mol. The van der Waals surface area contributed by atoms with Crippen LogP contribution in [0.2, 0.25) is 0 Å². The number of ketones is 1. The number of carbonyl (C=O) groups is 1. The number of nitrogens with one attached hydrogen (secondary N) is 1. The largest absolute Gasteiger partial charge is 3.00 e. The number of carbonyl (C=O) groups excluding carboxylic acids is 1. The molecule has 0 spiro atoms. The summed E-state index contributed by atoms with van der Waals surface area (Å²) in [6, 6.07) is 9.92. The third-order valence-corrected chi connectivity index (χ3v) is 8.17. The minimum absolute atomic E-state index is 0. The molecule has 1 heterocycles. The molecule has 60 heavy (non-hydrogen) atoms. The summed E-state index contributed by atoms with van der Waals surface area (Å²) in [6.07, 6.45) is 2.89. The molecule has 0 atom stereocenters. The Morgan fingerprint density at radius 3 is 1.12 bits per heavy atom. The smallest absolute Gasteiger partial charge is 0.870 e. The second kappa shape index (κ2) is 32.9. The summed E-state index contributed by atoms with van der Waals surface area (Å²) in [5.74, 6) is 1.12. The van der Waals surface area contributed by atoms with Gasteiger partial charge in [-0.3, -0.25) is 5.32 Å². The number of nitrogens with zero attached hydrogens (tertiary/aromatic N) is 12. The number of benzene rings is 2. The molecule has 0 aliphatic carbocycles. The van der Waals surface area contributed by atoms with Crippen molar-refractivity contribution in [2.24, 2.45) is 19.7 Å². The number of Topliss-reactive ketones (excluding diaryl/α,β-unsaturated/α-hetero) is 1. The van der Waals surface area contributed by atoms with E-state index in [4.69, 9.17) is 80.3 Å². The van der Waals surface area contributed by atoms with E-state index in [1.165, 1.54) is 40.5 Å². The Balaban J connectivity index is -0.000000382. The van der Waals surface area contributed by atoms with Crippen LogP contribution in [0.25, 0.3) is 0 Å². The van der Waals surface area contributed by atoms with Gasteiger partial charge in [-0.2, -0.15) is 0 Å². The molecule has 2 aromatic carbocycles. The fraction of sp³-hybridized carbons (Fsp3) is 0.370. The second-order valence-corrected chi connectivity index (χ2v) is 13.0. The zero-order valence-electron chi connectivity index (χ0n) is 33.0. The Labute approximate surface area is 382 Å². The van der Waals surface area contributed by atoms with Crippen LogP contribution in [0, 0.1) is 99.5 Å². The van der Waals surface area contributed by atoms with Gasteiger partial charge in [-0.15, -0.1) is 19.8 Å². The third-order valence-electron chi connectivity index (χ3n) is 5.49. The number of rotatable bonds is 8. The predicted octanol–water partition coefficient (Wildman–Crippen LogP) is 0.835. The molecular weight excluding hydrogens is 1040 g/mol. The standard InChI is InChI=1S/C24H34N9O4P.C3H6O.Cu.Dy.4NO3/c1-30(2)23-27-24(31(3)4)29-38(28-23,32(5)25-15-17-11-9-13-19(36-7)21(17)34)33(6)26-16-18-12-10-14-20(37-8)22(18)35;1-3(2)4;;;4*2-1(3)4/h9-16H,1-8H3,(H2-,25,26,27,28,29,34,35);1-2H3;;;;;;/q;;+2;+3;4*-1/p-1. The Morgan fingerprint density at radius 1 is 0.650 bits per heavy atom. The van der Waals surface area contributed by atoms with Gasteiger partial charge in [-0.05, 0) is 46.6 Å². The van der Waals surface area contributed by atoms with Crippen molar-refractivity contribution in [2.75, 3.05) is 56.5 Å². The normalized spacial score (nSPS) is 11.2. The first-order valence-electron chi connectivity index (χ1n) is 14.9. The van der Waals surface area contributed by atoms with Crippen LogP contribution in [0.4, 0.5) is 0 Å². The number of guanidine groups is 2. The van der Waals surface area contributed by atoms with Gasteiger partial charge < -0.3 is 95.6 Å². The van der Waals surface area contributed by atoms with Crippen LogP contribution in [-0.4, -0.2) is 126 Å². The maximum atomic E-state index is 12.7. The fourth-order valence-electron chi connectivity index (χ4n) is 3.30. The van der Waals surface area contributed by atoms with Gasteiger partial charge in [-0.25, -0.2) is 0 Å². The molecule has 0 unspecified atom stereocenters. The fourth-order valence-corrected chi connectivity index (χ4v) is 5.58. The summed E-state index contributed by atoms with van der Waals surface area (Å²) in [6.45, 7) is 3.06.